The zero-order valence-corrected chi connectivity index (χ0v) is 40.9. The molecule has 50 heavy (non-hydrogen) atoms. The monoisotopic (exact) mass is 758 g/mol. The Morgan fingerprint density at radius 1 is 0.340 bits per heavy atom. The predicted molar refractivity (Wildman–Crippen MR) is 221 cm³/mol. The molecule has 2 saturated heterocycles. The van der Waals surface area contributed by atoms with E-state index in [1.54, 1.807) is 0 Å². The van der Waals surface area contributed by atoms with Crippen LogP contribution in [0.15, 0.2) is 121 Å². The molecule has 0 aliphatic carbocycles. The molecule has 0 atom stereocenters. The second-order valence-electron chi connectivity index (χ2n) is 14.6. The van der Waals surface area contributed by atoms with Gasteiger partial charge in [-0.05, 0) is 58.6 Å². The van der Waals surface area contributed by atoms with Gasteiger partial charge >= 0.3 is 59.1 Å². The van der Waals surface area contributed by atoms with E-state index >= 15 is 0 Å². The minimum Gasteiger partial charge on any atom is -0.660 e. The Balaban J connectivity index is 0.000000378. The van der Waals surface area contributed by atoms with Crippen LogP contribution >= 0.6 is 0 Å². The van der Waals surface area contributed by atoms with Crippen LogP contribution in [0.25, 0.3) is 9.30 Å². The summed E-state index contributed by atoms with van der Waals surface area (Å²) in [6.07, 6.45) is 5.11. The maximum absolute atomic E-state index is 5.36. The zero-order valence-electron chi connectivity index (χ0n) is 32.9. The Morgan fingerprint density at radius 3 is 0.660 bits per heavy atom. The molecule has 0 saturated carbocycles. The van der Waals surface area contributed by atoms with Crippen molar-refractivity contribution in [1.29, 1.82) is 0 Å². The standard InChI is InChI=1S/2C16H22NSi2.2C4H8O.2Na/c2*1-18(2,15-11-7-5-8-12-15)17-19(3,4)16-13-9-6-10-14-16;2*1-2-4-5-3-1;;/h2*5-14H,1-4H3;2*1-4H2;;/q2*-1;;;2*+1. The van der Waals surface area contributed by atoms with Gasteiger partial charge in [0.1, 0.15) is 0 Å². The van der Waals surface area contributed by atoms with Crippen LogP contribution in [-0.2, 0) is 9.47 Å². The van der Waals surface area contributed by atoms with Crippen LogP contribution in [0.5, 0.6) is 0 Å². The molecule has 0 amide bonds. The Hall–Kier alpha value is -0.412. The average Bonchev–Trinajstić information content (AvgIpc) is 3.87. The summed E-state index contributed by atoms with van der Waals surface area (Å²) < 4.78 is 20.6. The summed E-state index contributed by atoms with van der Waals surface area (Å²) in [5, 5.41) is 5.69. The predicted octanol–water partition coefficient (Wildman–Crippen LogP) is 2.77. The third-order valence-corrected chi connectivity index (χ3v) is 24.6. The van der Waals surface area contributed by atoms with Gasteiger partial charge in [-0.15, -0.1) is 0 Å². The number of ether oxygens (including phenoxy) is 2. The van der Waals surface area contributed by atoms with Crippen LogP contribution in [0.1, 0.15) is 25.7 Å². The van der Waals surface area contributed by atoms with Gasteiger partial charge < -0.3 is 18.8 Å². The van der Waals surface area contributed by atoms with Gasteiger partial charge in [-0.25, -0.2) is 0 Å². The molecule has 2 heterocycles. The number of hydrogen-bond donors (Lipinski definition) is 0. The Labute approximate surface area is 353 Å². The quantitative estimate of drug-likeness (QED) is 0.260. The molecule has 10 heteroatoms. The Morgan fingerprint density at radius 2 is 0.520 bits per heavy atom. The van der Waals surface area contributed by atoms with Gasteiger partial charge in [-0.3, -0.25) is 0 Å². The molecule has 0 bridgehead atoms. The topological polar surface area (TPSA) is 46.7 Å². The fourth-order valence-electron chi connectivity index (χ4n) is 6.06. The molecule has 2 fully saturated rings. The van der Waals surface area contributed by atoms with E-state index in [2.05, 4.69) is 174 Å². The molecule has 4 aromatic rings. The van der Waals surface area contributed by atoms with E-state index in [1.807, 2.05) is 0 Å². The SMILES string of the molecule is C1CCOC1.C1CCOC1.C[Si](C)([N-][Si](C)(C)c1ccccc1)c1ccccc1.C[Si](C)([N-][Si](C)(C)c1ccccc1)c1ccccc1.[Na+].[Na+]. The van der Waals surface area contributed by atoms with Crippen LogP contribution in [-0.4, -0.2) is 59.4 Å². The fourth-order valence-corrected chi connectivity index (χ4v) is 23.3. The first-order chi connectivity index (χ1) is 22.8. The summed E-state index contributed by atoms with van der Waals surface area (Å²) in [5.74, 6) is 0. The summed E-state index contributed by atoms with van der Waals surface area (Å²) in [7, 11) is -6.84. The van der Waals surface area contributed by atoms with Crippen molar-refractivity contribution in [2.24, 2.45) is 0 Å². The Kier molecular flexibility index (Phi) is 22.9. The van der Waals surface area contributed by atoms with E-state index in [9.17, 15) is 0 Å². The van der Waals surface area contributed by atoms with Gasteiger partial charge in [0.05, 0.1) is 0 Å². The van der Waals surface area contributed by atoms with Crippen molar-refractivity contribution in [3.63, 3.8) is 0 Å². The maximum atomic E-state index is 5.36. The average molecular weight is 759 g/mol. The van der Waals surface area contributed by atoms with E-state index in [-0.39, 0.29) is 59.1 Å². The van der Waals surface area contributed by atoms with Gasteiger partial charge in [0.25, 0.3) is 0 Å². The second kappa shape index (κ2) is 24.1. The zero-order chi connectivity index (χ0) is 34.9. The van der Waals surface area contributed by atoms with Gasteiger partial charge in [-0.2, -0.15) is 0 Å². The number of nitrogens with zero attached hydrogens (tertiary/aromatic N) is 2. The molecule has 2 aliphatic heterocycles. The van der Waals surface area contributed by atoms with Gasteiger partial charge in [0, 0.05) is 26.4 Å². The van der Waals surface area contributed by atoms with Crippen molar-refractivity contribution >= 4 is 53.7 Å². The maximum Gasteiger partial charge on any atom is 1.00 e. The molecule has 4 nitrogen and oxygen atoms in total. The largest absolute Gasteiger partial charge is 1.00 e. The van der Waals surface area contributed by atoms with Crippen molar-refractivity contribution in [2.75, 3.05) is 26.4 Å². The minimum absolute atomic E-state index is 0. The fraction of sp³-hybridized carbons (Fsp3) is 0.400. The molecule has 2 aliphatic rings. The summed E-state index contributed by atoms with van der Waals surface area (Å²) in [4.78, 5) is 0. The Bertz CT molecular complexity index is 1200. The molecular formula is C40H60N2Na2O2Si4. The van der Waals surface area contributed by atoms with Crippen LogP contribution in [0.2, 0.25) is 52.4 Å². The second-order valence-corrected chi connectivity index (χ2v) is 31.1. The van der Waals surface area contributed by atoms with Crippen LogP contribution in [0, 0.1) is 0 Å². The molecular weight excluding hydrogens is 699 g/mol. The van der Waals surface area contributed by atoms with Crippen molar-refractivity contribution in [1.82, 2.24) is 0 Å². The number of hydrogen-bond acceptors (Lipinski definition) is 2. The van der Waals surface area contributed by atoms with Crippen LogP contribution in [0.3, 0.4) is 0 Å². The van der Waals surface area contributed by atoms with Crippen molar-refractivity contribution in [2.45, 2.75) is 78.1 Å². The molecule has 0 N–H and O–H groups in total. The van der Waals surface area contributed by atoms with E-state index in [1.165, 1.54) is 46.4 Å². The summed E-state index contributed by atoms with van der Waals surface area (Å²) in [6.45, 7) is 22.8. The van der Waals surface area contributed by atoms with Gasteiger partial charge in [-0.1, -0.05) is 194 Å². The van der Waals surface area contributed by atoms with E-state index in [0.717, 1.165) is 26.4 Å². The van der Waals surface area contributed by atoms with Crippen molar-refractivity contribution in [3.8, 4) is 0 Å². The normalized spacial score (nSPS) is 14.2. The van der Waals surface area contributed by atoms with E-state index in [4.69, 9.17) is 18.8 Å². The summed E-state index contributed by atoms with van der Waals surface area (Å²) >= 11 is 0. The van der Waals surface area contributed by atoms with E-state index in [0.29, 0.717) is 0 Å². The number of benzene rings is 4. The molecule has 260 valence electrons. The van der Waals surface area contributed by atoms with Crippen molar-refractivity contribution in [3.05, 3.63) is 131 Å². The van der Waals surface area contributed by atoms with Gasteiger partial charge in [0.2, 0.25) is 0 Å². The molecule has 0 radical (unpaired) electrons. The van der Waals surface area contributed by atoms with Crippen LogP contribution < -0.4 is 79.9 Å². The first kappa shape index (κ1) is 47.6. The van der Waals surface area contributed by atoms with E-state index < -0.39 is 32.9 Å². The molecule has 0 aromatic heterocycles. The van der Waals surface area contributed by atoms with Crippen LogP contribution in [0.4, 0.5) is 0 Å². The van der Waals surface area contributed by atoms with Crippen molar-refractivity contribution < 1.29 is 68.6 Å². The van der Waals surface area contributed by atoms with Gasteiger partial charge in [0.15, 0.2) is 0 Å². The summed E-state index contributed by atoms with van der Waals surface area (Å²) in [6, 6.07) is 43.1. The third-order valence-electron chi connectivity index (χ3n) is 8.69. The number of rotatable bonds is 8. The first-order valence-corrected chi connectivity index (χ1v) is 29.5. The molecule has 6 rings (SSSR count). The molecule has 0 spiro atoms. The summed E-state index contributed by atoms with van der Waals surface area (Å²) in [5.41, 5.74) is 0. The molecule has 4 aromatic carbocycles. The first-order valence-electron chi connectivity index (χ1n) is 17.7. The smallest absolute Gasteiger partial charge is 0.660 e. The third kappa shape index (κ3) is 17.2. The molecule has 0 unspecified atom stereocenters. The minimum atomic E-state index is -1.71.